The van der Waals surface area contributed by atoms with Crippen molar-refractivity contribution in [1.29, 1.82) is 5.26 Å². The zero-order valence-electron chi connectivity index (χ0n) is 16.7. The van der Waals surface area contributed by atoms with Gasteiger partial charge in [0.15, 0.2) is 0 Å². The largest absolute Gasteiger partial charge is 0.343 e. The predicted molar refractivity (Wildman–Crippen MR) is 116 cm³/mol. The normalized spacial score (nSPS) is 15.7. The van der Waals surface area contributed by atoms with E-state index in [4.69, 9.17) is 5.26 Å². The van der Waals surface area contributed by atoms with Crippen molar-refractivity contribution < 1.29 is 18.4 Å². The van der Waals surface area contributed by atoms with Crippen molar-refractivity contribution in [2.24, 2.45) is 0 Å². The van der Waals surface area contributed by atoms with Crippen LogP contribution in [0, 0.1) is 11.3 Å². The summed E-state index contributed by atoms with van der Waals surface area (Å²) < 4.78 is 25.5. The van der Waals surface area contributed by atoms with E-state index in [1.807, 2.05) is 0 Å². The number of hydrogen-bond donors (Lipinski definition) is 1. The standard InChI is InChI=1S/C22H17F2N5O2S/c23-21(24)19-4-2-14(9-27-19)13-1-3-18-17(7-13)16(5-6-26-18)22(31)28-10-20(30)29-12-32-11-15(29)8-25/h1-7,9,15,21H,10-12H2,(H,28,31)/t15-/m1/s1. The van der Waals surface area contributed by atoms with Crippen molar-refractivity contribution in [2.75, 3.05) is 18.2 Å². The summed E-state index contributed by atoms with van der Waals surface area (Å²) in [6.45, 7) is -0.222. The molecule has 7 nitrogen and oxygen atoms in total. The van der Waals surface area contributed by atoms with Crippen molar-refractivity contribution in [1.82, 2.24) is 20.2 Å². The minimum absolute atomic E-state index is 0.222. The van der Waals surface area contributed by atoms with E-state index < -0.39 is 18.4 Å². The Labute approximate surface area is 186 Å². The van der Waals surface area contributed by atoms with E-state index >= 15 is 0 Å². The van der Waals surface area contributed by atoms with Crippen LogP contribution in [0.3, 0.4) is 0 Å². The third-order valence-electron chi connectivity index (χ3n) is 5.08. The van der Waals surface area contributed by atoms with E-state index in [1.54, 1.807) is 30.3 Å². The van der Waals surface area contributed by atoms with Crippen molar-refractivity contribution >= 4 is 34.5 Å². The average molecular weight is 453 g/mol. The highest BCUT2D eigenvalue weighted by atomic mass is 32.2. The van der Waals surface area contributed by atoms with E-state index in [9.17, 15) is 18.4 Å². The molecular weight excluding hydrogens is 436 g/mol. The fraction of sp³-hybridized carbons (Fsp3) is 0.227. The Balaban J connectivity index is 1.56. The summed E-state index contributed by atoms with van der Waals surface area (Å²) in [5.74, 6) is 0.210. The van der Waals surface area contributed by atoms with Crippen molar-refractivity contribution in [2.45, 2.75) is 12.5 Å². The summed E-state index contributed by atoms with van der Waals surface area (Å²) in [7, 11) is 0. The monoisotopic (exact) mass is 453 g/mol. The number of amides is 2. The van der Waals surface area contributed by atoms with Crippen LogP contribution in [0.4, 0.5) is 8.78 Å². The van der Waals surface area contributed by atoms with Crippen LogP contribution in [0.25, 0.3) is 22.0 Å². The third-order valence-corrected chi connectivity index (χ3v) is 6.09. The zero-order valence-corrected chi connectivity index (χ0v) is 17.5. The molecule has 1 saturated heterocycles. The molecule has 162 valence electrons. The van der Waals surface area contributed by atoms with E-state index in [0.29, 0.717) is 39.2 Å². The van der Waals surface area contributed by atoms with Crippen LogP contribution in [0.5, 0.6) is 0 Å². The Morgan fingerprint density at radius 3 is 2.75 bits per heavy atom. The second kappa shape index (κ2) is 9.28. The van der Waals surface area contributed by atoms with Crippen LogP contribution in [-0.2, 0) is 4.79 Å². The molecule has 32 heavy (non-hydrogen) atoms. The number of nitrogens with one attached hydrogen (secondary N) is 1. The number of alkyl halides is 2. The lowest BCUT2D eigenvalue weighted by molar-refractivity contribution is -0.129. The second-order valence-electron chi connectivity index (χ2n) is 7.05. The fourth-order valence-electron chi connectivity index (χ4n) is 3.38. The molecule has 3 heterocycles. The number of nitriles is 1. The SMILES string of the molecule is N#C[C@@H]1CSCN1C(=O)CNC(=O)c1ccnc2ccc(-c3ccc(C(F)F)nc3)cc12. The molecule has 4 rings (SSSR count). The number of carbonyl (C=O) groups excluding carboxylic acids is 2. The molecule has 1 N–H and O–H groups in total. The summed E-state index contributed by atoms with van der Waals surface area (Å²) >= 11 is 1.49. The van der Waals surface area contributed by atoms with Crippen molar-refractivity contribution in [3.63, 3.8) is 0 Å². The highest BCUT2D eigenvalue weighted by Crippen LogP contribution is 2.27. The molecule has 0 bridgehead atoms. The third kappa shape index (κ3) is 4.38. The molecule has 2 amide bonds. The number of hydrogen-bond acceptors (Lipinski definition) is 6. The molecule has 3 aromatic rings. The zero-order chi connectivity index (χ0) is 22.7. The van der Waals surface area contributed by atoms with E-state index in [0.717, 1.165) is 0 Å². The number of fused-ring (bicyclic) bond motifs is 1. The van der Waals surface area contributed by atoms with Gasteiger partial charge in [0.2, 0.25) is 5.91 Å². The van der Waals surface area contributed by atoms with Gasteiger partial charge in [0.05, 0.1) is 29.6 Å². The molecule has 0 saturated carbocycles. The number of benzene rings is 1. The molecule has 0 radical (unpaired) electrons. The van der Waals surface area contributed by atoms with Crippen LogP contribution < -0.4 is 5.32 Å². The first-order valence-corrected chi connectivity index (χ1v) is 10.8. The summed E-state index contributed by atoms with van der Waals surface area (Å²) in [5.41, 5.74) is 1.90. The first-order valence-electron chi connectivity index (χ1n) is 9.66. The molecule has 0 unspecified atom stereocenters. The number of carbonyl (C=O) groups is 2. The van der Waals surface area contributed by atoms with Crippen LogP contribution in [0.1, 0.15) is 22.5 Å². The molecule has 1 aromatic carbocycles. The molecular formula is C22H17F2N5O2S. The molecule has 0 aliphatic carbocycles. The highest BCUT2D eigenvalue weighted by Gasteiger charge is 2.29. The number of pyridine rings is 2. The highest BCUT2D eigenvalue weighted by molar-refractivity contribution is 7.99. The first-order chi connectivity index (χ1) is 15.5. The predicted octanol–water partition coefficient (Wildman–Crippen LogP) is 3.39. The van der Waals surface area contributed by atoms with Crippen molar-refractivity contribution in [3.8, 4) is 17.2 Å². The summed E-state index contributed by atoms with van der Waals surface area (Å²) in [5, 5.41) is 12.3. The minimum atomic E-state index is -2.65. The number of thioether (sulfide) groups is 1. The van der Waals surface area contributed by atoms with Crippen LogP contribution in [-0.4, -0.2) is 50.9 Å². The summed E-state index contributed by atoms with van der Waals surface area (Å²) in [4.78, 5) is 34.7. The molecule has 1 aliphatic heterocycles. The lowest BCUT2D eigenvalue weighted by atomic mass is 10.0. The maximum absolute atomic E-state index is 12.8. The van der Waals surface area contributed by atoms with Gasteiger partial charge in [-0.25, -0.2) is 8.78 Å². The maximum Gasteiger partial charge on any atom is 0.280 e. The fourth-order valence-corrected chi connectivity index (χ4v) is 4.48. The van der Waals surface area contributed by atoms with Crippen molar-refractivity contribution in [3.05, 3.63) is 60.0 Å². The van der Waals surface area contributed by atoms with E-state index in [2.05, 4.69) is 21.4 Å². The van der Waals surface area contributed by atoms with Crippen LogP contribution in [0.15, 0.2) is 48.8 Å². The van der Waals surface area contributed by atoms with Gasteiger partial charge in [-0.3, -0.25) is 19.6 Å². The molecule has 1 aliphatic rings. The van der Waals surface area contributed by atoms with Gasteiger partial charge in [-0.15, -0.1) is 11.8 Å². The van der Waals surface area contributed by atoms with Crippen LogP contribution in [0.2, 0.25) is 0 Å². The minimum Gasteiger partial charge on any atom is -0.343 e. The van der Waals surface area contributed by atoms with Gasteiger partial charge >= 0.3 is 0 Å². The number of halogens is 2. The smallest absolute Gasteiger partial charge is 0.280 e. The number of nitrogens with zero attached hydrogens (tertiary/aromatic N) is 4. The van der Waals surface area contributed by atoms with Crippen LogP contribution >= 0.6 is 11.8 Å². The molecule has 1 atom stereocenters. The number of rotatable bonds is 5. The van der Waals surface area contributed by atoms with E-state index in [-0.39, 0.29) is 18.1 Å². The lowest BCUT2D eigenvalue weighted by Crippen LogP contribution is -2.42. The lowest BCUT2D eigenvalue weighted by Gasteiger charge is -2.18. The Bertz CT molecular complexity index is 1210. The van der Waals surface area contributed by atoms with Gasteiger partial charge < -0.3 is 10.2 Å². The Hall–Kier alpha value is -3.58. The molecule has 10 heteroatoms. The van der Waals surface area contributed by atoms with Gasteiger partial charge in [0.25, 0.3) is 12.3 Å². The maximum atomic E-state index is 12.8. The summed E-state index contributed by atoms with van der Waals surface area (Å²) in [6, 6.07) is 11.2. The first kappa shape index (κ1) is 21.6. The van der Waals surface area contributed by atoms with Gasteiger partial charge in [-0.1, -0.05) is 12.1 Å². The Morgan fingerprint density at radius 2 is 2.03 bits per heavy atom. The second-order valence-corrected chi connectivity index (χ2v) is 8.05. The molecule has 1 fully saturated rings. The Morgan fingerprint density at radius 1 is 1.22 bits per heavy atom. The van der Waals surface area contributed by atoms with Gasteiger partial charge in [0.1, 0.15) is 11.7 Å². The van der Waals surface area contributed by atoms with Gasteiger partial charge in [0, 0.05) is 29.1 Å². The molecule has 0 spiro atoms. The average Bonchev–Trinajstić information content (AvgIpc) is 3.30. The van der Waals surface area contributed by atoms with Gasteiger partial charge in [-0.2, -0.15) is 5.26 Å². The summed E-state index contributed by atoms with van der Waals surface area (Å²) in [6.07, 6.45) is 0.211. The Kier molecular flexibility index (Phi) is 6.28. The van der Waals surface area contributed by atoms with Gasteiger partial charge in [-0.05, 0) is 29.8 Å². The number of aromatic nitrogens is 2. The topological polar surface area (TPSA) is 99.0 Å². The quantitative estimate of drug-likeness (QED) is 0.636. The molecule has 2 aromatic heterocycles. The van der Waals surface area contributed by atoms with E-state index in [1.165, 1.54) is 35.1 Å².